The highest BCUT2D eigenvalue weighted by molar-refractivity contribution is 5.77. The third-order valence-corrected chi connectivity index (χ3v) is 2.04. The van der Waals surface area contributed by atoms with Gasteiger partial charge in [0.1, 0.15) is 0 Å². The quantitative estimate of drug-likeness (QED) is 0.566. The molecule has 15 heavy (non-hydrogen) atoms. The van der Waals surface area contributed by atoms with Crippen molar-refractivity contribution in [2.75, 3.05) is 13.1 Å². The van der Waals surface area contributed by atoms with Crippen molar-refractivity contribution in [2.45, 2.75) is 26.7 Å². The van der Waals surface area contributed by atoms with Crippen LogP contribution < -0.4 is 11.1 Å². The van der Waals surface area contributed by atoms with Crippen molar-refractivity contribution in [3.8, 4) is 0 Å². The van der Waals surface area contributed by atoms with Gasteiger partial charge in [0.15, 0.2) is 0 Å². The Morgan fingerprint density at radius 3 is 2.40 bits per heavy atom. The molecule has 0 aliphatic carbocycles. The molecule has 0 bridgehead atoms. The summed E-state index contributed by atoms with van der Waals surface area (Å²) >= 11 is 0. The van der Waals surface area contributed by atoms with Gasteiger partial charge in [-0.1, -0.05) is 13.8 Å². The lowest BCUT2D eigenvalue weighted by Crippen LogP contribution is -2.35. The van der Waals surface area contributed by atoms with Gasteiger partial charge >= 0.3 is 5.97 Å². The summed E-state index contributed by atoms with van der Waals surface area (Å²) in [5.41, 5.74) is 5.13. The molecule has 1 atom stereocenters. The first-order valence-corrected chi connectivity index (χ1v) is 5.14. The minimum absolute atomic E-state index is 0.0157. The van der Waals surface area contributed by atoms with Crippen LogP contribution in [0.2, 0.25) is 0 Å². The fraction of sp³-hybridized carbons (Fsp3) is 0.800. The smallest absolute Gasteiger partial charge is 0.303 e. The summed E-state index contributed by atoms with van der Waals surface area (Å²) in [5, 5.41) is 11.3. The maximum atomic E-state index is 10.9. The van der Waals surface area contributed by atoms with E-state index >= 15 is 0 Å². The lowest BCUT2D eigenvalue weighted by atomic mass is 9.94. The average Bonchev–Trinajstić information content (AvgIpc) is 2.11. The second-order valence-corrected chi connectivity index (χ2v) is 4.10. The molecular weight excluding hydrogens is 196 g/mol. The van der Waals surface area contributed by atoms with Crippen LogP contribution in [0.3, 0.4) is 0 Å². The van der Waals surface area contributed by atoms with Crippen molar-refractivity contribution in [3.63, 3.8) is 0 Å². The summed E-state index contributed by atoms with van der Waals surface area (Å²) in [6.07, 6.45) is 0.875. The Hall–Kier alpha value is -1.10. The van der Waals surface area contributed by atoms with Crippen LogP contribution in [0.25, 0.3) is 0 Å². The average molecular weight is 216 g/mol. The van der Waals surface area contributed by atoms with Gasteiger partial charge in [0.05, 0.1) is 6.54 Å². The highest BCUT2D eigenvalue weighted by atomic mass is 16.4. The van der Waals surface area contributed by atoms with Gasteiger partial charge in [0.2, 0.25) is 5.91 Å². The molecule has 0 aromatic heterocycles. The largest absolute Gasteiger partial charge is 0.481 e. The van der Waals surface area contributed by atoms with Crippen LogP contribution in [0.5, 0.6) is 0 Å². The van der Waals surface area contributed by atoms with Crippen molar-refractivity contribution in [1.82, 2.24) is 5.32 Å². The number of rotatable bonds is 7. The van der Waals surface area contributed by atoms with Gasteiger partial charge in [-0.3, -0.25) is 9.59 Å². The highest BCUT2D eigenvalue weighted by Gasteiger charge is 2.15. The molecule has 0 aromatic carbocycles. The van der Waals surface area contributed by atoms with E-state index < -0.39 is 5.97 Å². The van der Waals surface area contributed by atoms with E-state index in [4.69, 9.17) is 10.8 Å². The molecule has 0 aliphatic heterocycles. The van der Waals surface area contributed by atoms with Crippen LogP contribution >= 0.6 is 0 Å². The molecule has 0 saturated carbocycles. The molecule has 0 aliphatic rings. The van der Waals surface area contributed by atoms with E-state index in [1.165, 1.54) is 0 Å². The predicted octanol–water partition coefficient (Wildman–Crippen LogP) is 0.198. The number of amides is 1. The number of carboxylic acids is 1. The second-order valence-electron chi connectivity index (χ2n) is 4.10. The lowest BCUT2D eigenvalue weighted by molar-refractivity contribution is -0.138. The van der Waals surface area contributed by atoms with Gasteiger partial charge < -0.3 is 16.2 Å². The zero-order valence-corrected chi connectivity index (χ0v) is 9.32. The number of carbonyl (C=O) groups excluding carboxylic acids is 1. The minimum atomic E-state index is -0.831. The summed E-state index contributed by atoms with van der Waals surface area (Å²) in [5.74, 6) is -0.668. The van der Waals surface area contributed by atoms with E-state index in [1.807, 2.05) is 13.8 Å². The number of hydrogen-bond acceptors (Lipinski definition) is 3. The summed E-state index contributed by atoms with van der Waals surface area (Å²) in [6, 6.07) is 0. The predicted molar refractivity (Wildman–Crippen MR) is 57.3 cm³/mol. The maximum absolute atomic E-state index is 10.9. The van der Waals surface area contributed by atoms with Crippen LogP contribution in [0, 0.1) is 11.8 Å². The molecule has 0 spiro atoms. The minimum Gasteiger partial charge on any atom is -0.481 e. The molecule has 1 amide bonds. The van der Waals surface area contributed by atoms with Crippen molar-refractivity contribution in [3.05, 3.63) is 0 Å². The summed E-state index contributed by atoms with van der Waals surface area (Å²) in [6.45, 7) is 4.39. The molecule has 0 aromatic rings. The number of hydrogen-bond donors (Lipinski definition) is 3. The first-order chi connectivity index (χ1) is 6.95. The third-order valence-electron chi connectivity index (χ3n) is 2.04. The third kappa shape index (κ3) is 7.93. The van der Waals surface area contributed by atoms with E-state index in [1.54, 1.807) is 0 Å². The Morgan fingerprint density at radius 2 is 2.00 bits per heavy atom. The molecule has 0 fully saturated rings. The van der Waals surface area contributed by atoms with Crippen molar-refractivity contribution >= 4 is 11.9 Å². The standard InChI is InChI=1S/C10H20N2O3/c1-7(2)3-8(4-10(14)15)6-12-9(13)5-11/h7-8H,3-6,11H2,1-2H3,(H,12,13)(H,14,15)/t8-/m0/s1. The van der Waals surface area contributed by atoms with Gasteiger partial charge in [-0.05, 0) is 18.3 Å². The topological polar surface area (TPSA) is 92.4 Å². The van der Waals surface area contributed by atoms with E-state index in [0.717, 1.165) is 6.42 Å². The molecule has 0 saturated heterocycles. The zero-order valence-electron chi connectivity index (χ0n) is 9.32. The summed E-state index contributed by atoms with van der Waals surface area (Å²) < 4.78 is 0. The molecule has 0 radical (unpaired) electrons. The Morgan fingerprint density at radius 1 is 1.40 bits per heavy atom. The van der Waals surface area contributed by atoms with Gasteiger partial charge in [-0.2, -0.15) is 0 Å². The first-order valence-electron chi connectivity index (χ1n) is 5.14. The monoisotopic (exact) mass is 216 g/mol. The van der Waals surface area contributed by atoms with E-state index in [0.29, 0.717) is 12.5 Å². The van der Waals surface area contributed by atoms with Crippen LogP contribution in [0.15, 0.2) is 0 Å². The molecule has 4 N–H and O–H groups in total. The van der Waals surface area contributed by atoms with Crippen LogP contribution in [0.4, 0.5) is 0 Å². The highest BCUT2D eigenvalue weighted by Crippen LogP contribution is 2.14. The number of carboxylic acid groups (broad SMARTS) is 1. The molecule has 5 nitrogen and oxygen atoms in total. The SMILES string of the molecule is CC(C)C[C@H](CNC(=O)CN)CC(=O)O. The molecule has 0 unspecified atom stereocenters. The van der Waals surface area contributed by atoms with E-state index in [-0.39, 0.29) is 24.8 Å². The summed E-state index contributed by atoms with van der Waals surface area (Å²) in [4.78, 5) is 21.5. The van der Waals surface area contributed by atoms with Crippen molar-refractivity contribution < 1.29 is 14.7 Å². The van der Waals surface area contributed by atoms with Gasteiger partial charge in [0, 0.05) is 13.0 Å². The summed E-state index contributed by atoms with van der Waals surface area (Å²) in [7, 11) is 0. The normalized spacial score (nSPS) is 12.5. The number of nitrogens with one attached hydrogen (secondary N) is 1. The Balaban J connectivity index is 4.00. The first kappa shape index (κ1) is 13.9. The Labute approximate surface area is 90.0 Å². The van der Waals surface area contributed by atoms with Crippen LogP contribution in [0.1, 0.15) is 26.7 Å². The maximum Gasteiger partial charge on any atom is 0.303 e. The van der Waals surface area contributed by atoms with Crippen LogP contribution in [-0.2, 0) is 9.59 Å². The molecule has 0 heterocycles. The van der Waals surface area contributed by atoms with Crippen LogP contribution in [-0.4, -0.2) is 30.1 Å². The van der Waals surface area contributed by atoms with E-state index in [2.05, 4.69) is 5.32 Å². The Kier molecular flexibility index (Phi) is 6.70. The fourth-order valence-electron chi connectivity index (χ4n) is 1.48. The number of carbonyl (C=O) groups is 2. The Bertz CT molecular complexity index is 217. The number of nitrogens with two attached hydrogens (primary N) is 1. The van der Waals surface area contributed by atoms with E-state index in [9.17, 15) is 9.59 Å². The molecule has 5 heteroatoms. The van der Waals surface area contributed by atoms with Crippen molar-refractivity contribution in [1.29, 1.82) is 0 Å². The molecular formula is C10H20N2O3. The van der Waals surface area contributed by atoms with Gasteiger partial charge in [-0.25, -0.2) is 0 Å². The number of aliphatic carboxylic acids is 1. The van der Waals surface area contributed by atoms with Crippen molar-refractivity contribution in [2.24, 2.45) is 17.6 Å². The van der Waals surface area contributed by atoms with Gasteiger partial charge in [-0.15, -0.1) is 0 Å². The zero-order chi connectivity index (χ0) is 11.8. The molecule has 88 valence electrons. The molecule has 0 rings (SSSR count). The van der Waals surface area contributed by atoms with Gasteiger partial charge in [0.25, 0.3) is 0 Å². The second kappa shape index (κ2) is 7.23. The fourth-order valence-corrected chi connectivity index (χ4v) is 1.48. The lowest BCUT2D eigenvalue weighted by Gasteiger charge is -2.17.